The maximum Gasteiger partial charge on any atom is 0.105 e. The van der Waals surface area contributed by atoms with Crippen LogP contribution in [-0.4, -0.2) is 36.9 Å². The summed E-state index contributed by atoms with van der Waals surface area (Å²) in [5.74, 6) is 0. The van der Waals surface area contributed by atoms with Crippen LogP contribution in [0.15, 0.2) is 63.5 Å². The Morgan fingerprint density at radius 1 is 1.46 bits per heavy atom. The molecule has 2 N–H and O–H groups in total. The Labute approximate surface area is 158 Å². The van der Waals surface area contributed by atoms with E-state index in [1.54, 1.807) is 20.1 Å². The fourth-order valence-corrected chi connectivity index (χ4v) is 2.80. The van der Waals surface area contributed by atoms with Gasteiger partial charge in [0, 0.05) is 36.8 Å². The van der Waals surface area contributed by atoms with E-state index in [1.165, 1.54) is 11.1 Å². The molecule has 0 fully saturated rings. The van der Waals surface area contributed by atoms with Gasteiger partial charge in [0.2, 0.25) is 0 Å². The van der Waals surface area contributed by atoms with Crippen molar-refractivity contribution in [2.45, 2.75) is 53.1 Å². The standard InChI is InChI=1S/C22H34FN3/c1-8-9-21(24)20(16(2)3)14-25-13-19-12-17(4)18(15-26(19)7)10-11-22(5,6)23/h8-9,12,14H,2,10-11,13,15,24H2,1,3-7H3/b9-8-,21-20?,25-14?. The van der Waals surface area contributed by atoms with Crippen LogP contribution in [0.4, 0.5) is 4.39 Å². The number of nitrogens with two attached hydrogens (primary N) is 1. The monoisotopic (exact) mass is 359 g/mol. The number of likely N-dealkylation sites (N-methyl/N-ethyl adjacent to an activating group) is 1. The lowest BCUT2D eigenvalue weighted by atomic mass is 9.94. The van der Waals surface area contributed by atoms with Crippen molar-refractivity contribution in [1.82, 2.24) is 4.90 Å². The summed E-state index contributed by atoms with van der Waals surface area (Å²) in [6.45, 7) is 14.6. The third-order valence-electron chi connectivity index (χ3n) is 4.47. The van der Waals surface area contributed by atoms with Crippen LogP contribution in [-0.2, 0) is 0 Å². The van der Waals surface area contributed by atoms with Crippen molar-refractivity contribution in [2.75, 3.05) is 20.1 Å². The second kappa shape index (κ2) is 9.56. The summed E-state index contributed by atoms with van der Waals surface area (Å²) in [5, 5.41) is 0. The Morgan fingerprint density at radius 3 is 2.65 bits per heavy atom. The molecule has 0 bridgehead atoms. The number of hydrogen-bond donors (Lipinski definition) is 1. The lowest BCUT2D eigenvalue weighted by Crippen LogP contribution is -2.27. The minimum atomic E-state index is -1.13. The van der Waals surface area contributed by atoms with Crippen LogP contribution in [0.3, 0.4) is 0 Å². The van der Waals surface area contributed by atoms with Crippen molar-refractivity contribution < 1.29 is 4.39 Å². The molecule has 3 nitrogen and oxygen atoms in total. The molecule has 144 valence electrons. The summed E-state index contributed by atoms with van der Waals surface area (Å²) in [5.41, 5.74) is 11.0. The summed E-state index contributed by atoms with van der Waals surface area (Å²) >= 11 is 0. The number of alkyl halides is 1. The molecule has 0 unspecified atom stereocenters. The predicted octanol–water partition coefficient (Wildman–Crippen LogP) is 5.10. The highest BCUT2D eigenvalue weighted by Crippen LogP contribution is 2.26. The molecule has 0 saturated carbocycles. The SMILES string of the molecule is C=C(C)C(C=NCC1=CC(C)=C(CCC(C)(C)F)CN1C)=C(N)/C=C\C. The third kappa shape index (κ3) is 7.03. The van der Waals surface area contributed by atoms with E-state index < -0.39 is 5.67 Å². The van der Waals surface area contributed by atoms with Gasteiger partial charge in [-0.15, -0.1) is 0 Å². The zero-order chi connectivity index (χ0) is 19.9. The Kier molecular flexibility index (Phi) is 8.07. The molecule has 1 rings (SSSR count). The normalized spacial score (nSPS) is 17.2. The fourth-order valence-electron chi connectivity index (χ4n) is 2.80. The molecule has 0 amide bonds. The Balaban J connectivity index is 2.88. The minimum absolute atomic E-state index is 0.547. The third-order valence-corrected chi connectivity index (χ3v) is 4.47. The first kappa shape index (κ1) is 21.9. The highest BCUT2D eigenvalue weighted by atomic mass is 19.1. The van der Waals surface area contributed by atoms with Crippen LogP contribution in [0.25, 0.3) is 0 Å². The number of halogens is 1. The average molecular weight is 360 g/mol. The second-order valence-corrected chi connectivity index (χ2v) is 7.62. The molecule has 0 aliphatic carbocycles. The molecular formula is C22H34FN3. The van der Waals surface area contributed by atoms with Crippen LogP contribution in [0.2, 0.25) is 0 Å². The fraction of sp³-hybridized carbons (Fsp3) is 0.500. The summed E-state index contributed by atoms with van der Waals surface area (Å²) in [4.78, 5) is 6.75. The summed E-state index contributed by atoms with van der Waals surface area (Å²) in [6, 6.07) is 0. The second-order valence-electron chi connectivity index (χ2n) is 7.62. The molecule has 1 heterocycles. The summed E-state index contributed by atoms with van der Waals surface area (Å²) < 4.78 is 13.8. The lowest BCUT2D eigenvalue weighted by molar-refractivity contribution is 0.200. The summed E-state index contributed by atoms with van der Waals surface area (Å²) in [7, 11) is 2.05. The van der Waals surface area contributed by atoms with Gasteiger partial charge < -0.3 is 10.6 Å². The van der Waals surface area contributed by atoms with Crippen LogP contribution in [0.1, 0.15) is 47.5 Å². The van der Waals surface area contributed by atoms with Gasteiger partial charge in [0.15, 0.2) is 0 Å². The molecule has 0 saturated heterocycles. The topological polar surface area (TPSA) is 41.6 Å². The van der Waals surface area contributed by atoms with Crippen LogP contribution in [0.5, 0.6) is 0 Å². The van der Waals surface area contributed by atoms with E-state index in [0.717, 1.165) is 29.8 Å². The van der Waals surface area contributed by atoms with Crippen molar-refractivity contribution in [3.05, 3.63) is 58.5 Å². The minimum Gasteiger partial charge on any atom is -0.398 e. The smallest absolute Gasteiger partial charge is 0.105 e. The number of hydrogen-bond acceptors (Lipinski definition) is 3. The molecule has 0 atom stereocenters. The van der Waals surface area contributed by atoms with E-state index in [4.69, 9.17) is 5.73 Å². The molecule has 0 aromatic rings. The number of allylic oxidation sites excluding steroid dienone is 6. The summed E-state index contributed by atoms with van der Waals surface area (Å²) in [6.07, 6.45) is 9.04. The molecule has 0 aromatic carbocycles. The Bertz CT molecular complexity index is 670. The molecular weight excluding hydrogens is 325 g/mol. The maximum absolute atomic E-state index is 13.8. The van der Waals surface area contributed by atoms with E-state index in [0.29, 0.717) is 18.7 Å². The van der Waals surface area contributed by atoms with Crippen molar-refractivity contribution >= 4 is 6.21 Å². The first-order valence-electron chi connectivity index (χ1n) is 9.12. The van der Waals surface area contributed by atoms with E-state index in [9.17, 15) is 4.39 Å². The Hall–Kier alpha value is -2.10. The number of aliphatic imine (C=N–C) groups is 1. The predicted molar refractivity (Wildman–Crippen MR) is 112 cm³/mol. The number of rotatable bonds is 8. The molecule has 26 heavy (non-hydrogen) atoms. The van der Waals surface area contributed by atoms with Crippen molar-refractivity contribution in [3.8, 4) is 0 Å². The lowest BCUT2D eigenvalue weighted by Gasteiger charge is -2.29. The first-order chi connectivity index (χ1) is 12.0. The molecule has 0 aromatic heterocycles. The van der Waals surface area contributed by atoms with E-state index in [1.807, 2.05) is 26.0 Å². The molecule has 4 heteroatoms. The average Bonchev–Trinajstić information content (AvgIpc) is 2.51. The van der Waals surface area contributed by atoms with Crippen molar-refractivity contribution in [2.24, 2.45) is 10.7 Å². The highest BCUT2D eigenvalue weighted by molar-refractivity contribution is 5.85. The molecule has 0 radical (unpaired) electrons. The van der Waals surface area contributed by atoms with E-state index in [-0.39, 0.29) is 0 Å². The van der Waals surface area contributed by atoms with Crippen molar-refractivity contribution in [3.63, 3.8) is 0 Å². The van der Waals surface area contributed by atoms with Gasteiger partial charge in [0.1, 0.15) is 5.67 Å². The van der Waals surface area contributed by atoms with Crippen LogP contribution >= 0.6 is 0 Å². The van der Waals surface area contributed by atoms with Gasteiger partial charge in [-0.3, -0.25) is 4.99 Å². The quantitative estimate of drug-likeness (QED) is 0.484. The zero-order valence-electron chi connectivity index (χ0n) is 17.2. The van der Waals surface area contributed by atoms with Gasteiger partial charge in [-0.05, 0) is 76.3 Å². The van der Waals surface area contributed by atoms with Gasteiger partial charge in [-0.1, -0.05) is 12.7 Å². The van der Waals surface area contributed by atoms with Crippen molar-refractivity contribution in [1.29, 1.82) is 0 Å². The first-order valence-corrected chi connectivity index (χ1v) is 9.12. The molecule has 0 spiro atoms. The van der Waals surface area contributed by atoms with Gasteiger partial charge in [-0.2, -0.15) is 0 Å². The van der Waals surface area contributed by atoms with E-state index in [2.05, 4.69) is 36.5 Å². The van der Waals surface area contributed by atoms with Gasteiger partial charge in [0.05, 0.1) is 6.54 Å². The molecule has 1 aliphatic rings. The van der Waals surface area contributed by atoms with Crippen LogP contribution < -0.4 is 5.73 Å². The number of nitrogens with zero attached hydrogens (tertiary/aromatic N) is 2. The largest absolute Gasteiger partial charge is 0.398 e. The highest BCUT2D eigenvalue weighted by Gasteiger charge is 2.20. The van der Waals surface area contributed by atoms with E-state index >= 15 is 0 Å². The molecule has 1 aliphatic heterocycles. The van der Waals surface area contributed by atoms with Gasteiger partial charge >= 0.3 is 0 Å². The Morgan fingerprint density at radius 2 is 2.12 bits per heavy atom. The maximum atomic E-state index is 13.8. The van der Waals surface area contributed by atoms with Gasteiger partial charge in [0.25, 0.3) is 0 Å². The van der Waals surface area contributed by atoms with Gasteiger partial charge in [-0.25, -0.2) is 4.39 Å². The van der Waals surface area contributed by atoms with Crippen LogP contribution in [0, 0.1) is 0 Å². The zero-order valence-corrected chi connectivity index (χ0v) is 17.2.